The normalized spacial score (nSPS) is 14.6. The number of aliphatic hydroxyl groups is 1. The fraction of sp³-hybridized carbons (Fsp3) is 0.439. The largest absolute Gasteiger partial charge is 0.391 e. The fourth-order valence-corrected chi connectivity index (χ4v) is 9.86. The van der Waals surface area contributed by atoms with E-state index in [4.69, 9.17) is 9.47 Å². The van der Waals surface area contributed by atoms with E-state index < -0.39 is 53.0 Å². The first kappa shape index (κ1) is 60.0. The van der Waals surface area contributed by atoms with Crippen molar-refractivity contribution in [3.8, 4) is 22.0 Å². The van der Waals surface area contributed by atoms with Crippen LogP contribution in [-0.4, -0.2) is 139 Å². The lowest BCUT2D eigenvalue weighted by Gasteiger charge is -2.35. The molecule has 7 rings (SSSR count). The number of anilines is 1. The number of hydrogen-bond acceptors (Lipinski definition) is 15. The molecule has 5 amide bonds. The number of aliphatic hydroxyl groups excluding tert-OH is 1. The SMILES string of the molecule is Cc1ncsc1-c1ccc(CNC(=O)C2C[C@@H](O)CN2C(=O)[C@@H](NC(=O)COCCOCCCCCC(=O)N(C)CCCn2c(CNc3cccc(C(=O)NCc4c(F)cccc4F)c3)nnc2-c2ccncn2)C(C)(C)C)cc1. The Morgan fingerprint density at radius 2 is 1.64 bits per heavy atom. The summed E-state index contributed by atoms with van der Waals surface area (Å²) in [5, 5.41) is 31.0. The number of likely N-dealkylation sites (tertiary alicyclic amines) is 1. The zero-order valence-electron chi connectivity index (χ0n) is 45.8. The zero-order valence-corrected chi connectivity index (χ0v) is 46.6. The summed E-state index contributed by atoms with van der Waals surface area (Å²) in [7, 11) is 1.77. The third-order valence-electron chi connectivity index (χ3n) is 13.5. The average Bonchev–Trinajstić information content (AvgIpc) is 4.20. The Hall–Kier alpha value is -7.60. The van der Waals surface area contributed by atoms with E-state index >= 15 is 0 Å². The first-order valence-electron chi connectivity index (χ1n) is 26.6. The van der Waals surface area contributed by atoms with Gasteiger partial charge in [-0.3, -0.25) is 24.0 Å². The molecule has 4 heterocycles. The predicted molar refractivity (Wildman–Crippen MR) is 296 cm³/mol. The molecule has 0 spiro atoms. The van der Waals surface area contributed by atoms with E-state index in [2.05, 4.69) is 46.4 Å². The van der Waals surface area contributed by atoms with Crippen LogP contribution in [-0.2, 0) is 54.8 Å². The number of hydrogen-bond donors (Lipinski definition) is 5. The van der Waals surface area contributed by atoms with Crippen LogP contribution in [0.2, 0.25) is 0 Å². The second-order valence-electron chi connectivity index (χ2n) is 20.6. The summed E-state index contributed by atoms with van der Waals surface area (Å²) in [4.78, 5) is 83.4. The number of amides is 5. The summed E-state index contributed by atoms with van der Waals surface area (Å²) in [5.74, 6) is -2.21. The van der Waals surface area contributed by atoms with Crippen LogP contribution in [0, 0.1) is 24.0 Å². The molecular weight excluding hydrogens is 1050 g/mol. The van der Waals surface area contributed by atoms with Crippen molar-refractivity contribution in [2.24, 2.45) is 5.41 Å². The Morgan fingerprint density at radius 1 is 0.875 bits per heavy atom. The average molecular weight is 1120 g/mol. The monoisotopic (exact) mass is 1120 g/mol. The minimum absolute atomic E-state index is 0.0113. The first-order chi connectivity index (χ1) is 38.5. The number of ether oxygens (including phenoxy) is 2. The highest BCUT2D eigenvalue weighted by molar-refractivity contribution is 7.13. The van der Waals surface area contributed by atoms with Gasteiger partial charge in [0.05, 0.1) is 41.9 Å². The maximum Gasteiger partial charge on any atom is 0.251 e. The minimum atomic E-state index is -0.989. The van der Waals surface area contributed by atoms with E-state index in [1.54, 1.807) is 65.3 Å². The van der Waals surface area contributed by atoms with Gasteiger partial charge in [-0.2, -0.15) is 0 Å². The maximum atomic E-state index is 14.1. The Labute approximate surface area is 468 Å². The number of unbranched alkanes of at least 4 members (excludes halogenated alkanes) is 2. The molecule has 1 fully saturated rings. The summed E-state index contributed by atoms with van der Waals surface area (Å²) in [6.45, 7) is 9.01. The molecule has 20 nitrogen and oxygen atoms in total. The molecule has 0 aliphatic carbocycles. The molecule has 5 N–H and O–H groups in total. The van der Waals surface area contributed by atoms with Crippen LogP contribution >= 0.6 is 11.3 Å². The van der Waals surface area contributed by atoms with Crippen molar-refractivity contribution < 1.29 is 47.3 Å². The van der Waals surface area contributed by atoms with Crippen molar-refractivity contribution >= 4 is 46.6 Å². The molecule has 6 aromatic rings. The lowest BCUT2D eigenvalue weighted by atomic mass is 9.85. The van der Waals surface area contributed by atoms with Gasteiger partial charge in [0.1, 0.15) is 42.3 Å². The van der Waals surface area contributed by atoms with Crippen LogP contribution in [0.1, 0.15) is 92.3 Å². The number of rotatable bonds is 28. The van der Waals surface area contributed by atoms with Crippen molar-refractivity contribution in [1.29, 1.82) is 0 Å². The molecule has 3 aromatic carbocycles. The van der Waals surface area contributed by atoms with Gasteiger partial charge in [-0.1, -0.05) is 63.6 Å². The second kappa shape index (κ2) is 29.0. The van der Waals surface area contributed by atoms with Gasteiger partial charge in [0.25, 0.3) is 5.91 Å². The fourth-order valence-electron chi connectivity index (χ4n) is 9.04. The minimum Gasteiger partial charge on any atom is -0.391 e. The molecule has 426 valence electrons. The van der Waals surface area contributed by atoms with Crippen LogP contribution in [0.5, 0.6) is 0 Å². The molecular formula is C57H70F2N12O8S. The second-order valence-corrected chi connectivity index (χ2v) is 21.4. The predicted octanol–water partition coefficient (Wildman–Crippen LogP) is 6.24. The van der Waals surface area contributed by atoms with Gasteiger partial charge < -0.3 is 50.2 Å². The van der Waals surface area contributed by atoms with Crippen molar-refractivity contribution in [2.75, 3.05) is 51.9 Å². The van der Waals surface area contributed by atoms with Crippen LogP contribution in [0.15, 0.2) is 90.8 Å². The van der Waals surface area contributed by atoms with Gasteiger partial charge in [-0.25, -0.2) is 23.7 Å². The highest BCUT2D eigenvalue weighted by atomic mass is 32.1. The van der Waals surface area contributed by atoms with E-state index in [0.29, 0.717) is 67.6 Å². The molecule has 1 saturated heterocycles. The molecule has 1 aliphatic rings. The van der Waals surface area contributed by atoms with Crippen LogP contribution < -0.4 is 21.3 Å². The number of nitrogens with one attached hydrogen (secondary N) is 4. The summed E-state index contributed by atoms with van der Waals surface area (Å²) in [6.07, 6.45) is 5.35. The number of halogens is 2. The van der Waals surface area contributed by atoms with E-state index in [-0.39, 0.29) is 69.8 Å². The number of β-amino-alcohol motifs (C(OH)–C–C–N with tert-alkyl or cyclic N) is 1. The molecule has 80 heavy (non-hydrogen) atoms. The number of benzene rings is 3. The van der Waals surface area contributed by atoms with Gasteiger partial charge in [-0.15, -0.1) is 21.5 Å². The van der Waals surface area contributed by atoms with Gasteiger partial charge >= 0.3 is 0 Å². The van der Waals surface area contributed by atoms with Gasteiger partial charge in [-0.05, 0) is 79.1 Å². The molecule has 3 atom stereocenters. The smallest absolute Gasteiger partial charge is 0.251 e. The number of aryl methyl sites for hydroxylation is 1. The molecule has 1 unspecified atom stereocenters. The van der Waals surface area contributed by atoms with Crippen molar-refractivity contribution in [1.82, 2.24) is 55.5 Å². The standard InChI is InChI=1S/C57H70F2N12O8S/c1-37-51(80-36-65-37)39-19-17-38(18-20-39)30-62-55(76)47-29-42(72)33-71(47)56(77)52(57(2,3)4)66-49(73)34-79-27-26-78-25-8-6-7-16-50(74)69(5)23-11-24-70-48(67-68-53(70)46-21-22-60-35-64-46)32-61-41-13-9-12-40(28-41)54(75)63-31-43-44(58)14-10-15-45(43)59/h9-10,12-15,17-22,28,35-36,42,47,52,61,72H,6-8,11,16,23-27,29-34H2,1-5H3,(H,62,76)(H,63,75)(H,66,73)/t42-,47?,52-/m1/s1. The summed E-state index contributed by atoms with van der Waals surface area (Å²) < 4.78 is 41.5. The third kappa shape index (κ3) is 17.0. The number of carbonyl (C=O) groups excluding carboxylic acids is 5. The van der Waals surface area contributed by atoms with E-state index in [1.165, 1.54) is 17.3 Å². The highest BCUT2D eigenvalue weighted by Crippen LogP contribution is 2.29. The first-order valence-corrected chi connectivity index (χ1v) is 27.5. The van der Waals surface area contributed by atoms with E-state index in [1.807, 2.05) is 56.5 Å². The van der Waals surface area contributed by atoms with Crippen LogP contribution in [0.3, 0.4) is 0 Å². The Balaban J connectivity index is 0.771. The summed E-state index contributed by atoms with van der Waals surface area (Å²) in [6, 6.07) is 17.9. The van der Waals surface area contributed by atoms with Crippen molar-refractivity contribution in [3.63, 3.8) is 0 Å². The molecule has 1 aliphatic heterocycles. The number of aromatic nitrogens is 6. The quantitative estimate of drug-likeness (QED) is 0.0342. The topological polar surface area (TPSA) is 248 Å². The number of nitrogens with zero attached hydrogens (tertiary/aromatic N) is 8. The maximum absolute atomic E-state index is 14.1. The number of carbonyl (C=O) groups is 5. The lowest BCUT2D eigenvalue weighted by molar-refractivity contribution is -0.144. The van der Waals surface area contributed by atoms with Crippen LogP contribution in [0.25, 0.3) is 22.0 Å². The van der Waals surface area contributed by atoms with E-state index in [9.17, 15) is 37.9 Å². The van der Waals surface area contributed by atoms with E-state index in [0.717, 1.165) is 46.7 Å². The van der Waals surface area contributed by atoms with Gasteiger partial charge in [0, 0.05) is 82.2 Å². The summed E-state index contributed by atoms with van der Waals surface area (Å²) >= 11 is 1.56. The molecule has 0 radical (unpaired) electrons. The third-order valence-corrected chi connectivity index (χ3v) is 14.5. The van der Waals surface area contributed by atoms with Gasteiger partial charge in [0.15, 0.2) is 11.6 Å². The van der Waals surface area contributed by atoms with Gasteiger partial charge in [0.2, 0.25) is 23.6 Å². The highest BCUT2D eigenvalue weighted by Gasteiger charge is 2.44. The summed E-state index contributed by atoms with van der Waals surface area (Å²) in [5.41, 5.74) is 5.19. The number of thiazole rings is 1. The Kier molecular flexibility index (Phi) is 21.8. The van der Waals surface area contributed by atoms with Crippen molar-refractivity contribution in [2.45, 2.75) is 111 Å². The molecule has 0 bridgehead atoms. The Morgan fingerprint density at radius 3 is 2.36 bits per heavy atom. The lowest BCUT2D eigenvalue weighted by Crippen LogP contribution is -2.58. The van der Waals surface area contributed by atoms with Crippen LogP contribution in [0.4, 0.5) is 14.5 Å². The zero-order chi connectivity index (χ0) is 57.2. The molecule has 3 aromatic heterocycles. The molecule has 0 saturated carbocycles. The Bertz CT molecular complexity index is 3010. The molecule has 23 heteroatoms. The van der Waals surface area contributed by atoms with Crippen molar-refractivity contribution in [3.05, 3.63) is 131 Å².